The standard InChI is InChI=1S/C27H46O10S.K/c1-2-3-4-5-6-7-8-9-10-11-12-13-14-15-16-17-24(29)35-20-27(19-28)21-36-25(30)18-23(38(32,33)34)26(31)37-22-27;/h7-8,23,28H,2-6,9-22H2,1H3,(H,32,33,34);/q;+1/p-1/b8-7-;. The fourth-order valence-electron chi connectivity index (χ4n) is 3.97. The summed E-state index contributed by atoms with van der Waals surface area (Å²) in [6.07, 6.45) is 18.5. The second-order valence-electron chi connectivity index (χ2n) is 10.1. The van der Waals surface area contributed by atoms with Crippen molar-refractivity contribution in [3.63, 3.8) is 0 Å². The number of carbonyl (C=O) groups is 3. The molecule has 1 saturated heterocycles. The van der Waals surface area contributed by atoms with E-state index in [1.165, 1.54) is 51.4 Å². The summed E-state index contributed by atoms with van der Waals surface area (Å²) in [6, 6.07) is 0. The molecule has 10 nitrogen and oxygen atoms in total. The normalized spacial score (nSPS) is 20.3. The van der Waals surface area contributed by atoms with E-state index in [1.54, 1.807) is 0 Å². The molecule has 0 aromatic carbocycles. The number of allylic oxidation sites excluding steroid dienone is 2. The van der Waals surface area contributed by atoms with Gasteiger partial charge in [0.25, 0.3) is 0 Å². The smallest absolute Gasteiger partial charge is 0.747 e. The van der Waals surface area contributed by atoms with Crippen LogP contribution >= 0.6 is 0 Å². The van der Waals surface area contributed by atoms with Crippen molar-refractivity contribution < 1.29 is 98.1 Å². The van der Waals surface area contributed by atoms with E-state index < -0.39 is 71.5 Å². The molecule has 0 amide bonds. The molecule has 1 aliphatic rings. The summed E-state index contributed by atoms with van der Waals surface area (Å²) in [5, 5.41) is 7.59. The van der Waals surface area contributed by atoms with Crippen molar-refractivity contribution in [2.75, 3.05) is 26.4 Å². The van der Waals surface area contributed by atoms with Crippen LogP contribution in [0.2, 0.25) is 0 Å². The van der Waals surface area contributed by atoms with Gasteiger partial charge >= 0.3 is 69.3 Å². The third-order valence-electron chi connectivity index (χ3n) is 6.54. The van der Waals surface area contributed by atoms with Crippen molar-refractivity contribution in [1.29, 1.82) is 0 Å². The number of aliphatic hydroxyl groups excluding tert-OH is 1. The Balaban J connectivity index is 0.0000144. The van der Waals surface area contributed by atoms with Gasteiger partial charge in [0.2, 0.25) is 0 Å². The first kappa shape index (κ1) is 38.7. The summed E-state index contributed by atoms with van der Waals surface area (Å²) in [6.45, 7) is 0.111. The number of aliphatic hydroxyl groups is 1. The van der Waals surface area contributed by atoms with E-state index in [4.69, 9.17) is 14.2 Å². The molecule has 2 atom stereocenters. The zero-order valence-electron chi connectivity index (χ0n) is 23.7. The van der Waals surface area contributed by atoms with Crippen LogP contribution in [0.3, 0.4) is 0 Å². The fourth-order valence-corrected chi connectivity index (χ4v) is 4.62. The fraction of sp³-hybridized carbons (Fsp3) is 0.815. The van der Waals surface area contributed by atoms with E-state index in [9.17, 15) is 32.5 Å². The predicted molar refractivity (Wildman–Crippen MR) is 140 cm³/mol. The summed E-state index contributed by atoms with van der Waals surface area (Å²) in [5.41, 5.74) is -1.45. The molecule has 0 bridgehead atoms. The minimum Gasteiger partial charge on any atom is -0.747 e. The minimum atomic E-state index is -5.14. The predicted octanol–water partition coefficient (Wildman–Crippen LogP) is 0.954. The second kappa shape index (κ2) is 22.3. The van der Waals surface area contributed by atoms with Crippen LogP contribution in [-0.2, 0) is 38.7 Å². The summed E-state index contributed by atoms with van der Waals surface area (Å²) in [4.78, 5) is 36.1. The quantitative estimate of drug-likeness (QED) is 0.0566. The molecule has 12 heteroatoms. The van der Waals surface area contributed by atoms with Gasteiger partial charge in [-0.3, -0.25) is 14.4 Å². The van der Waals surface area contributed by atoms with Crippen molar-refractivity contribution in [3.8, 4) is 0 Å². The maximum Gasteiger partial charge on any atom is 1.00 e. The largest absolute Gasteiger partial charge is 1.00 e. The van der Waals surface area contributed by atoms with Crippen LogP contribution in [0, 0.1) is 5.41 Å². The van der Waals surface area contributed by atoms with Crippen LogP contribution in [0.4, 0.5) is 0 Å². The Morgan fingerprint density at radius 2 is 1.51 bits per heavy atom. The average molecular weight is 601 g/mol. The Kier molecular flexibility index (Phi) is 22.1. The number of ether oxygens (including phenoxy) is 3. The van der Waals surface area contributed by atoms with Gasteiger partial charge in [-0.15, -0.1) is 0 Å². The zero-order valence-corrected chi connectivity index (χ0v) is 27.6. The van der Waals surface area contributed by atoms with Crippen molar-refractivity contribution in [2.45, 2.75) is 108 Å². The second-order valence-corrected chi connectivity index (χ2v) is 11.7. The van der Waals surface area contributed by atoms with Crippen molar-refractivity contribution in [1.82, 2.24) is 0 Å². The molecule has 1 heterocycles. The van der Waals surface area contributed by atoms with Gasteiger partial charge in [0.1, 0.15) is 29.9 Å². The van der Waals surface area contributed by atoms with Crippen LogP contribution in [0.1, 0.15) is 103 Å². The molecule has 0 radical (unpaired) electrons. The average Bonchev–Trinajstić information content (AvgIpc) is 2.94. The molecule has 0 aromatic rings. The SMILES string of the molecule is CCCCCC/C=C\CCCCCCCCCC(=O)OCC1(CO)COC(=O)CC(S(=O)(=O)[O-])C(=O)OC1.[K+]. The van der Waals surface area contributed by atoms with E-state index in [-0.39, 0.29) is 57.8 Å². The molecule has 2 unspecified atom stereocenters. The molecule has 0 saturated carbocycles. The Hall–Kier alpha value is -0.344. The van der Waals surface area contributed by atoms with Gasteiger partial charge in [-0.05, 0) is 32.1 Å². The molecule has 1 N–H and O–H groups in total. The molecular formula is C27H45KO10S. The first-order valence-corrected chi connectivity index (χ1v) is 15.3. The van der Waals surface area contributed by atoms with Gasteiger partial charge in [0, 0.05) is 6.42 Å². The summed E-state index contributed by atoms with van der Waals surface area (Å²) >= 11 is 0. The number of hydrogen-bond acceptors (Lipinski definition) is 10. The van der Waals surface area contributed by atoms with Crippen LogP contribution < -0.4 is 51.4 Å². The van der Waals surface area contributed by atoms with Gasteiger partial charge in [-0.2, -0.15) is 0 Å². The monoisotopic (exact) mass is 600 g/mol. The molecule has 1 fully saturated rings. The van der Waals surface area contributed by atoms with Crippen molar-refractivity contribution >= 4 is 28.0 Å². The molecule has 1 rings (SSSR count). The molecule has 0 aliphatic carbocycles. The molecule has 0 aromatic heterocycles. The van der Waals surface area contributed by atoms with E-state index >= 15 is 0 Å². The maximum absolute atomic E-state index is 12.2. The van der Waals surface area contributed by atoms with Gasteiger partial charge in [-0.1, -0.05) is 70.4 Å². The number of cyclic esters (lactones) is 2. The molecule has 0 spiro atoms. The molecule has 220 valence electrons. The zero-order chi connectivity index (χ0) is 28.3. The van der Waals surface area contributed by atoms with E-state index in [0.717, 1.165) is 25.7 Å². The van der Waals surface area contributed by atoms with Crippen LogP contribution in [0.5, 0.6) is 0 Å². The number of rotatable bonds is 19. The molecule has 39 heavy (non-hydrogen) atoms. The van der Waals surface area contributed by atoms with Crippen LogP contribution in [0.15, 0.2) is 12.2 Å². The van der Waals surface area contributed by atoms with Gasteiger partial charge in [0.05, 0.1) is 18.4 Å². The van der Waals surface area contributed by atoms with Gasteiger partial charge < -0.3 is 23.9 Å². The first-order chi connectivity index (χ1) is 18.1. The van der Waals surface area contributed by atoms with E-state index in [2.05, 4.69) is 19.1 Å². The topological polar surface area (TPSA) is 156 Å². The van der Waals surface area contributed by atoms with E-state index in [0.29, 0.717) is 6.42 Å². The molecule has 1 aliphatic heterocycles. The van der Waals surface area contributed by atoms with E-state index in [1.807, 2.05) is 0 Å². The number of carbonyl (C=O) groups excluding carboxylic acids is 3. The van der Waals surface area contributed by atoms with Crippen LogP contribution in [0.25, 0.3) is 0 Å². The number of hydrogen-bond donors (Lipinski definition) is 1. The van der Waals surface area contributed by atoms with Crippen LogP contribution in [-0.4, -0.2) is 67.7 Å². The van der Waals surface area contributed by atoms with Gasteiger partial charge in [0.15, 0.2) is 5.25 Å². The Labute approximate surface area is 276 Å². The molecular weight excluding hydrogens is 555 g/mol. The Morgan fingerprint density at radius 1 is 0.974 bits per heavy atom. The Morgan fingerprint density at radius 3 is 2.08 bits per heavy atom. The summed E-state index contributed by atoms with van der Waals surface area (Å²) < 4.78 is 48.8. The number of unbranched alkanes of at least 4 members (excludes halogenated alkanes) is 11. The van der Waals surface area contributed by atoms with Crippen molar-refractivity contribution in [2.24, 2.45) is 5.41 Å². The maximum atomic E-state index is 12.2. The van der Waals surface area contributed by atoms with Gasteiger partial charge in [-0.25, -0.2) is 8.42 Å². The first-order valence-electron chi connectivity index (χ1n) is 13.8. The third-order valence-corrected chi connectivity index (χ3v) is 7.60. The number of esters is 3. The summed E-state index contributed by atoms with van der Waals surface area (Å²) in [5.74, 6) is -3.01. The minimum absolute atomic E-state index is 0. The van der Waals surface area contributed by atoms with Crippen molar-refractivity contribution in [3.05, 3.63) is 12.2 Å². The third kappa shape index (κ3) is 17.9. The Bertz CT molecular complexity index is 846. The summed E-state index contributed by atoms with van der Waals surface area (Å²) in [7, 11) is -5.14.